The van der Waals surface area contributed by atoms with Crippen LogP contribution in [0, 0.1) is 5.82 Å². The number of nitrogens with one attached hydrogen (secondary N) is 2. The quantitative estimate of drug-likeness (QED) is 0.667. The van der Waals surface area contributed by atoms with Crippen LogP contribution >= 0.6 is 0 Å². The Balaban J connectivity index is 1.96. The zero-order chi connectivity index (χ0) is 19.0. The fourth-order valence-corrected chi connectivity index (χ4v) is 3.48. The first kappa shape index (κ1) is 17.5. The van der Waals surface area contributed by atoms with Crippen LogP contribution < -0.4 is 10.6 Å². The van der Waals surface area contributed by atoms with E-state index in [0.29, 0.717) is 27.9 Å². The third-order valence-corrected chi connectivity index (χ3v) is 4.80. The molecule has 0 aliphatic carbocycles. The van der Waals surface area contributed by atoms with E-state index in [1.807, 2.05) is 12.1 Å². The molecule has 1 aliphatic rings. The summed E-state index contributed by atoms with van der Waals surface area (Å²) in [6, 6.07) is 9.93. The van der Waals surface area contributed by atoms with Crippen molar-refractivity contribution in [2.24, 2.45) is 0 Å². The van der Waals surface area contributed by atoms with Crippen LogP contribution in [0.1, 0.15) is 35.8 Å². The number of hydrogen-bond donors (Lipinski definition) is 2. The minimum absolute atomic E-state index is 0.138. The second kappa shape index (κ2) is 7.04. The predicted octanol–water partition coefficient (Wildman–Crippen LogP) is 4.49. The Morgan fingerprint density at radius 1 is 1.26 bits per heavy atom. The van der Waals surface area contributed by atoms with Crippen LogP contribution in [0.25, 0.3) is 22.3 Å². The summed E-state index contributed by atoms with van der Waals surface area (Å²) in [5.41, 5.74) is 3.65. The molecule has 1 unspecified atom stereocenters. The molecule has 0 spiro atoms. The van der Waals surface area contributed by atoms with Crippen LogP contribution in [0.2, 0.25) is 0 Å². The minimum Gasteiger partial charge on any atom is -0.462 e. The Labute approximate surface area is 156 Å². The fraction of sp³-hybridized carbons (Fsp3) is 0.286. The molecule has 4 rings (SSSR count). The minimum atomic E-state index is -0.447. The van der Waals surface area contributed by atoms with Crippen molar-refractivity contribution in [1.29, 1.82) is 0 Å². The van der Waals surface area contributed by atoms with Gasteiger partial charge >= 0.3 is 5.97 Å². The van der Waals surface area contributed by atoms with Gasteiger partial charge in [-0.2, -0.15) is 0 Å². The molecule has 140 valence electrons. The average molecular weight is 368 g/mol. The number of esters is 1. The SMILES string of the molecule is CCOC(=O)c1c(-c2ccc(F)cc2)oc2cc3c(cc12)C(C)NCCN3. The van der Waals surface area contributed by atoms with Crippen LogP contribution in [0.4, 0.5) is 10.1 Å². The summed E-state index contributed by atoms with van der Waals surface area (Å²) in [5.74, 6) is -0.398. The summed E-state index contributed by atoms with van der Waals surface area (Å²) < 4.78 is 24.7. The van der Waals surface area contributed by atoms with Crippen molar-refractivity contribution in [2.45, 2.75) is 19.9 Å². The number of anilines is 1. The maximum atomic E-state index is 13.3. The van der Waals surface area contributed by atoms with E-state index in [0.717, 1.165) is 24.3 Å². The number of carbonyl (C=O) groups excluding carboxylic acids is 1. The lowest BCUT2D eigenvalue weighted by Crippen LogP contribution is -2.20. The summed E-state index contributed by atoms with van der Waals surface area (Å²) in [5, 5.41) is 7.52. The second-order valence-corrected chi connectivity index (χ2v) is 6.57. The van der Waals surface area contributed by atoms with Crippen molar-refractivity contribution in [1.82, 2.24) is 5.32 Å². The van der Waals surface area contributed by atoms with E-state index < -0.39 is 5.97 Å². The third-order valence-electron chi connectivity index (χ3n) is 4.80. The van der Waals surface area contributed by atoms with Gasteiger partial charge in [0.2, 0.25) is 0 Å². The van der Waals surface area contributed by atoms with Gasteiger partial charge in [0.25, 0.3) is 0 Å². The first-order chi connectivity index (χ1) is 13.1. The smallest absolute Gasteiger partial charge is 0.342 e. The summed E-state index contributed by atoms with van der Waals surface area (Å²) in [4.78, 5) is 12.7. The van der Waals surface area contributed by atoms with Crippen LogP contribution in [0.5, 0.6) is 0 Å². The molecular formula is C21H21FN2O3. The molecule has 0 fully saturated rings. The highest BCUT2D eigenvalue weighted by atomic mass is 19.1. The van der Waals surface area contributed by atoms with Gasteiger partial charge in [-0.1, -0.05) is 0 Å². The molecule has 2 heterocycles. The summed E-state index contributed by atoms with van der Waals surface area (Å²) >= 11 is 0. The number of furan rings is 1. The van der Waals surface area contributed by atoms with Crippen molar-refractivity contribution >= 4 is 22.6 Å². The zero-order valence-electron chi connectivity index (χ0n) is 15.3. The van der Waals surface area contributed by atoms with E-state index in [1.54, 1.807) is 19.1 Å². The van der Waals surface area contributed by atoms with Gasteiger partial charge in [-0.3, -0.25) is 0 Å². The summed E-state index contributed by atoms with van der Waals surface area (Å²) in [6.07, 6.45) is 0. The lowest BCUT2D eigenvalue weighted by atomic mass is 10.00. The number of benzene rings is 2. The molecule has 2 N–H and O–H groups in total. The fourth-order valence-electron chi connectivity index (χ4n) is 3.48. The molecule has 1 aromatic heterocycles. The van der Waals surface area contributed by atoms with Crippen LogP contribution in [0.3, 0.4) is 0 Å². The second-order valence-electron chi connectivity index (χ2n) is 6.57. The zero-order valence-corrected chi connectivity index (χ0v) is 15.3. The molecule has 0 amide bonds. The Bertz CT molecular complexity index is 995. The number of carbonyl (C=O) groups is 1. The van der Waals surface area contributed by atoms with Crippen molar-refractivity contribution in [3.05, 3.63) is 53.3 Å². The number of fused-ring (bicyclic) bond motifs is 2. The lowest BCUT2D eigenvalue weighted by Gasteiger charge is -2.13. The molecule has 0 bridgehead atoms. The van der Waals surface area contributed by atoms with E-state index in [9.17, 15) is 9.18 Å². The Hall–Kier alpha value is -2.86. The number of rotatable bonds is 3. The molecule has 6 heteroatoms. The molecule has 27 heavy (non-hydrogen) atoms. The van der Waals surface area contributed by atoms with E-state index in [2.05, 4.69) is 17.6 Å². The largest absolute Gasteiger partial charge is 0.462 e. The molecule has 1 aliphatic heterocycles. The van der Waals surface area contributed by atoms with E-state index in [4.69, 9.17) is 9.15 Å². The van der Waals surface area contributed by atoms with Crippen molar-refractivity contribution in [3.8, 4) is 11.3 Å². The number of ether oxygens (including phenoxy) is 1. The predicted molar refractivity (Wildman–Crippen MR) is 102 cm³/mol. The molecule has 5 nitrogen and oxygen atoms in total. The van der Waals surface area contributed by atoms with Crippen LogP contribution in [0.15, 0.2) is 40.8 Å². The summed E-state index contributed by atoms with van der Waals surface area (Å²) in [7, 11) is 0. The van der Waals surface area contributed by atoms with Gasteiger partial charge in [0.15, 0.2) is 0 Å². The van der Waals surface area contributed by atoms with Gasteiger partial charge in [0.1, 0.15) is 22.7 Å². The molecule has 0 radical (unpaired) electrons. The highest BCUT2D eigenvalue weighted by Gasteiger charge is 2.26. The Morgan fingerprint density at radius 3 is 2.78 bits per heavy atom. The highest BCUT2D eigenvalue weighted by molar-refractivity contribution is 6.09. The topological polar surface area (TPSA) is 63.5 Å². The van der Waals surface area contributed by atoms with Crippen molar-refractivity contribution in [3.63, 3.8) is 0 Å². The standard InChI is InChI=1S/C21H21FN2O3/c1-3-26-21(25)19-16-10-15-12(2)23-8-9-24-17(15)11-18(16)27-20(19)13-4-6-14(22)7-5-13/h4-7,10-12,23-24H,3,8-9H2,1-2H3. The summed E-state index contributed by atoms with van der Waals surface area (Å²) in [6.45, 7) is 5.77. The normalized spacial score (nSPS) is 16.5. The van der Waals surface area contributed by atoms with Gasteiger partial charge < -0.3 is 19.8 Å². The van der Waals surface area contributed by atoms with Crippen LogP contribution in [-0.2, 0) is 4.74 Å². The van der Waals surface area contributed by atoms with Gasteiger partial charge in [-0.25, -0.2) is 9.18 Å². The van der Waals surface area contributed by atoms with E-state index >= 15 is 0 Å². The van der Waals surface area contributed by atoms with Gasteiger partial charge in [-0.05, 0) is 49.7 Å². The Kier molecular flexibility index (Phi) is 4.58. The first-order valence-corrected chi connectivity index (χ1v) is 9.09. The molecule has 0 saturated carbocycles. The molecule has 1 atom stereocenters. The van der Waals surface area contributed by atoms with E-state index in [1.165, 1.54) is 12.1 Å². The third kappa shape index (κ3) is 3.17. The highest BCUT2D eigenvalue weighted by Crippen LogP contribution is 2.38. The van der Waals surface area contributed by atoms with Crippen LogP contribution in [-0.4, -0.2) is 25.7 Å². The van der Waals surface area contributed by atoms with Gasteiger partial charge in [-0.15, -0.1) is 0 Å². The first-order valence-electron chi connectivity index (χ1n) is 9.09. The van der Waals surface area contributed by atoms with Crippen molar-refractivity contribution < 1.29 is 18.3 Å². The average Bonchev–Trinajstić information content (AvgIpc) is 2.93. The van der Waals surface area contributed by atoms with Gasteiger partial charge in [0, 0.05) is 41.8 Å². The Morgan fingerprint density at radius 2 is 2.04 bits per heavy atom. The molecule has 3 aromatic rings. The lowest BCUT2D eigenvalue weighted by molar-refractivity contribution is 0.0528. The maximum absolute atomic E-state index is 13.3. The monoisotopic (exact) mass is 368 g/mol. The van der Waals surface area contributed by atoms with E-state index in [-0.39, 0.29) is 18.5 Å². The van der Waals surface area contributed by atoms with Crippen molar-refractivity contribution in [2.75, 3.05) is 25.0 Å². The van der Waals surface area contributed by atoms with Gasteiger partial charge in [0.05, 0.1) is 6.61 Å². The molecule has 0 saturated heterocycles. The molecule has 2 aromatic carbocycles. The molecular weight excluding hydrogens is 347 g/mol. The maximum Gasteiger partial charge on any atom is 0.342 e. The number of halogens is 1. The number of hydrogen-bond acceptors (Lipinski definition) is 5.